The molecule has 1 fully saturated rings. The lowest BCUT2D eigenvalue weighted by Crippen LogP contribution is -2.38. The Morgan fingerprint density at radius 1 is 1.09 bits per heavy atom. The number of fused-ring (bicyclic) bond motifs is 1. The lowest BCUT2D eigenvalue weighted by Gasteiger charge is -2.26. The van der Waals surface area contributed by atoms with Gasteiger partial charge in [0.25, 0.3) is 5.91 Å². The summed E-state index contributed by atoms with van der Waals surface area (Å²) in [5, 5.41) is 11.2. The van der Waals surface area contributed by atoms with Gasteiger partial charge in [0.15, 0.2) is 0 Å². The lowest BCUT2D eigenvalue weighted by molar-refractivity contribution is 0.0937. The molecule has 0 atom stereocenters. The van der Waals surface area contributed by atoms with E-state index >= 15 is 0 Å². The summed E-state index contributed by atoms with van der Waals surface area (Å²) in [7, 11) is 0. The third-order valence-electron chi connectivity index (χ3n) is 6.19. The molecule has 1 amide bonds. The maximum absolute atomic E-state index is 13.2. The molecule has 0 unspecified atom stereocenters. The fourth-order valence-electron chi connectivity index (χ4n) is 4.60. The maximum atomic E-state index is 13.2. The van der Waals surface area contributed by atoms with E-state index in [9.17, 15) is 4.79 Å². The number of rotatable bonds is 7. The molecule has 1 N–H and O–H groups in total. The number of carbonyl (C=O) groups excluding carboxylic acids is 1. The summed E-state index contributed by atoms with van der Waals surface area (Å²) >= 11 is 1.67. The SMILES string of the molecule is CCn1c(C(=O)NCCN2CCCCC2)cc2c(-c3cccs3)nn(-c3ccccc3)c21. The number of nitrogens with one attached hydrogen (secondary N) is 1. The summed E-state index contributed by atoms with van der Waals surface area (Å²) in [5.74, 6) is -0.0169. The number of carbonyl (C=O) groups is 1. The summed E-state index contributed by atoms with van der Waals surface area (Å²) < 4.78 is 4.06. The van der Waals surface area contributed by atoms with E-state index in [1.807, 2.05) is 35.0 Å². The predicted molar refractivity (Wildman–Crippen MR) is 131 cm³/mol. The number of nitrogens with zero attached hydrogens (tertiary/aromatic N) is 4. The molecule has 0 aliphatic carbocycles. The van der Waals surface area contributed by atoms with Gasteiger partial charge in [-0.25, -0.2) is 4.68 Å². The molecule has 1 aliphatic rings. The van der Waals surface area contributed by atoms with Gasteiger partial charge in [-0.15, -0.1) is 11.3 Å². The molecule has 3 aromatic heterocycles. The minimum atomic E-state index is -0.0169. The Morgan fingerprint density at radius 3 is 2.62 bits per heavy atom. The van der Waals surface area contributed by atoms with Gasteiger partial charge < -0.3 is 14.8 Å². The Balaban J connectivity index is 1.50. The first-order chi connectivity index (χ1) is 15.8. The molecule has 7 heteroatoms. The van der Waals surface area contributed by atoms with Crippen molar-refractivity contribution in [3.63, 3.8) is 0 Å². The average Bonchev–Trinajstić information content (AvgIpc) is 3.56. The maximum Gasteiger partial charge on any atom is 0.268 e. The van der Waals surface area contributed by atoms with Gasteiger partial charge in [0.05, 0.1) is 10.6 Å². The number of likely N-dealkylation sites (tertiary alicyclic amines) is 1. The molecule has 0 spiro atoms. The highest BCUT2D eigenvalue weighted by Crippen LogP contribution is 2.34. The minimum absolute atomic E-state index is 0.0169. The van der Waals surface area contributed by atoms with Gasteiger partial charge in [0.2, 0.25) is 0 Å². The van der Waals surface area contributed by atoms with Crippen molar-refractivity contribution in [2.45, 2.75) is 32.7 Å². The first kappa shape index (κ1) is 21.0. The van der Waals surface area contributed by atoms with Crippen molar-refractivity contribution in [2.75, 3.05) is 26.2 Å². The van der Waals surface area contributed by atoms with Crippen molar-refractivity contribution < 1.29 is 4.79 Å². The number of hydrogen-bond donors (Lipinski definition) is 1. The molecule has 0 saturated carbocycles. The first-order valence-corrected chi connectivity index (χ1v) is 12.4. The Morgan fingerprint density at radius 2 is 1.91 bits per heavy atom. The number of para-hydroxylation sites is 1. The van der Waals surface area contributed by atoms with Crippen LogP contribution in [-0.4, -0.2) is 51.3 Å². The van der Waals surface area contributed by atoms with E-state index in [-0.39, 0.29) is 5.91 Å². The van der Waals surface area contributed by atoms with Crippen molar-refractivity contribution in [3.05, 3.63) is 59.6 Å². The van der Waals surface area contributed by atoms with Gasteiger partial charge in [-0.05, 0) is 62.5 Å². The van der Waals surface area contributed by atoms with Gasteiger partial charge in [-0.3, -0.25) is 4.79 Å². The monoisotopic (exact) mass is 447 g/mol. The van der Waals surface area contributed by atoms with E-state index in [0.29, 0.717) is 18.8 Å². The van der Waals surface area contributed by atoms with Crippen LogP contribution in [0.5, 0.6) is 0 Å². The van der Waals surface area contributed by atoms with Crippen molar-refractivity contribution in [3.8, 4) is 16.3 Å². The summed E-state index contributed by atoms with van der Waals surface area (Å²) in [6.45, 7) is 6.64. The minimum Gasteiger partial charge on any atom is -0.349 e. The van der Waals surface area contributed by atoms with E-state index < -0.39 is 0 Å². The normalized spacial score (nSPS) is 14.8. The molecule has 1 aliphatic heterocycles. The van der Waals surface area contributed by atoms with Crippen molar-refractivity contribution in [2.24, 2.45) is 0 Å². The Hall–Kier alpha value is -2.90. The number of amides is 1. The quantitative estimate of drug-likeness (QED) is 0.443. The molecule has 1 saturated heterocycles. The van der Waals surface area contributed by atoms with E-state index in [2.05, 4.69) is 45.3 Å². The van der Waals surface area contributed by atoms with E-state index in [4.69, 9.17) is 5.10 Å². The van der Waals surface area contributed by atoms with Crippen LogP contribution in [0.2, 0.25) is 0 Å². The van der Waals surface area contributed by atoms with Gasteiger partial charge >= 0.3 is 0 Å². The summed E-state index contributed by atoms with van der Waals surface area (Å²) in [6, 6.07) is 16.3. The van der Waals surface area contributed by atoms with Crippen LogP contribution in [0.3, 0.4) is 0 Å². The van der Waals surface area contributed by atoms with Crippen LogP contribution in [0.25, 0.3) is 27.3 Å². The Kier molecular flexibility index (Phi) is 6.10. The molecule has 166 valence electrons. The van der Waals surface area contributed by atoms with Crippen LogP contribution in [0.1, 0.15) is 36.7 Å². The topological polar surface area (TPSA) is 55.1 Å². The first-order valence-electron chi connectivity index (χ1n) is 11.5. The fourth-order valence-corrected chi connectivity index (χ4v) is 5.32. The second kappa shape index (κ2) is 9.30. The van der Waals surface area contributed by atoms with Crippen LogP contribution >= 0.6 is 11.3 Å². The zero-order valence-electron chi connectivity index (χ0n) is 18.5. The van der Waals surface area contributed by atoms with E-state index in [1.54, 1.807) is 11.3 Å². The number of aryl methyl sites for hydroxylation is 1. The summed E-state index contributed by atoms with van der Waals surface area (Å²) in [4.78, 5) is 16.8. The standard InChI is InChI=1S/C25H29N5OS/c1-2-29-21(24(31)26-13-16-28-14-7-4-8-15-28)18-20-23(22-12-9-17-32-22)27-30(25(20)29)19-10-5-3-6-11-19/h3,5-6,9-12,17-18H,2,4,7-8,13-16H2,1H3,(H,26,31). The van der Waals surface area contributed by atoms with Crippen LogP contribution in [0.15, 0.2) is 53.9 Å². The van der Waals surface area contributed by atoms with Crippen LogP contribution in [0.4, 0.5) is 0 Å². The third-order valence-corrected chi connectivity index (χ3v) is 7.07. The fraction of sp³-hybridized carbons (Fsp3) is 0.360. The molecular weight excluding hydrogens is 418 g/mol. The zero-order valence-corrected chi connectivity index (χ0v) is 19.3. The van der Waals surface area contributed by atoms with Gasteiger partial charge in [-0.1, -0.05) is 30.7 Å². The van der Waals surface area contributed by atoms with Gasteiger partial charge in [0.1, 0.15) is 17.0 Å². The predicted octanol–water partition coefficient (Wildman–Crippen LogP) is 4.79. The van der Waals surface area contributed by atoms with Gasteiger partial charge in [-0.2, -0.15) is 5.10 Å². The van der Waals surface area contributed by atoms with Gasteiger partial charge in [0, 0.05) is 25.0 Å². The molecule has 6 nitrogen and oxygen atoms in total. The molecule has 4 aromatic rings. The molecule has 32 heavy (non-hydrogen) atoms. The van der Waals surface area contributed by atoms with E-state index in [1.165, 1.54) is 19.3 Å². The highest BCUT2D eigenvalue weighted by Gasteiger charge is 2.23. The van der Waals surface area contributed by atoms with Crippen LogP contribution in [-0.2, 0) is 6.54 Å². The van der Waals surface area contributed by atoms with Crippen LogP contribution in [0, 0.1) is 0 Å². The van der Waals surface area contributed by atoms with E-state index in [0.717, 1.165) is 46.9 Å². The van der Waals surface area contributed by atoms with Crippen LogP contribution < -0.4 is 5.32 Å². The highest BCUT2D eigenvalue weighted by molar-refractivity contribution is 7.13. The molecule has 5 rings (SSSR count). The van der Waals surface area contributed by atoms with Crippen molar-refractivity contribution >= 4 is 28.3 Å². The molecule has 1 aromatic carbocycles. The largest absolute Gasteiger partial charge is 0.349 e. The second-order valence-electron chi connectivity index (χ2n) is 8.24. The Bertz CT molecular complexity index is 1190. The number of hydrogen-bond acceptors (Lipinski definition) is 4. The molecular formula is C25H29N5OS. The smallest absolute Gasteiger partial charge is 0.268 e. The van der Waals surface area contributed by atoms with Crippen molar-refractivity contribution in [1.29, 1.82) is 0 Å². The summed E-state index contributed by atoms with van der Waals surface area (Å²) in [6.07, 6.45) is 3.85. The number of thiophene rings is 1. The molecule has 4 heterocycles. The lowest BCUT2D eigenvalue weighted by atomic mass is 10.1. The van der Waals surface area contributed by atoms with Crippen molar-refractivity contribution in [1.82, 2.24) is 24.6 Å². The average molecular weight is 448 g/mol. The number of aromatic nitrogens is 3. The molecule has 0 radical (unpaired) electrons. The third kappa shape index (κ3) is 3.98. The molecule has 0 bridgehead atoms. The number of piperidine rings is 1. The zero-order chi connectivity index (χ0) is 21.9. The number of benzene rings is 1. The summed E-state index contributed by atoms with van der Waals surface area (Å²) in [5.41, 5.74) is 3.57. The highest BCUT2D eigenvalue weighted by atomic mass is 32.1. The second-order valence-corrected chi connectivity index (χ2v) is 9.19. The Labute approximate surface area is 192 Å².